The third kappa shape index (κ3) is 23.7. The van der Waals surface area contributed by atoms with Gasteiger partial charge in [-0.3, -0.25) is 40.6 Å². The summed E-state index contributed by atoms with van der Waals surface area (Å²) >= 11 is 0. The molecule has 0 aromatic rings. The van der Waals surface area contributed by atoms with Crippen LogP contribution in [0, 0.1) is 0 Å². The molecule has 8 N–H and O–H groups in total. The Hall–Kier alpha value is -1.21. The van der Waals surface area contributed by atoms with Gasteiger partial charge in [-0.05, 0) is 0 Å². The highest BCUT2D eigenvalue weighted by Gasteiger charge is 2.56. The second-order valence-electron chi connectivity index (χ2n) is 9.66. The summed E-state index contributed by atoms with van der Waals surface area (Å²) in [5.41, 5.74) is 0. The highest BCUT2D eigenvalue weighted by atomic mass is 32.3. The van der Waals surface area contributed by atoms with Gasteiger partial charge in [0.2, 0.25) is 0 Å². The minimum absolute atomic E-state index is 1.96. The second-order valence-corrected chi connectivity index (χ2v) is 18.8. The maximum atomic E-state index is 11.9. The molecule has 1 aliphatic heterocycles. The molecule has 9 atom stereocenters. The summed E-state index contributed by atoms with van der Waals surface area (Å²) in [4.78, 5) is 0. The molecule has 0 aliphatic carbocycles. The lowest BCUT2D eigenvalue weighted by Crippen LogP contribution is -2.65. The zero-order valence-electron chi connectivity index (χ0n) is 26.4. The SMILES string of the molecule is O=[SH](=O)O[C@@H]1[C@H](OS(=O)(=O)O)[C@@H](OS(=O)(=O)O)[C@H](O[C@@H]([C@H](OS(=O)(=O)O)[C@H](COS(=O)(=O)O)OS(=O)(=O)O)[C@@H](COS(=O)(=O)O)OS(=O)(=O)O)O[C@@H]1COS(=O)(=O)O. The predicted molar refractivity (Wildman–Crippen MR) is 163 cm³/mol. The van der Waals surface area contributed by atoms with Crippen LogP contribution >= 0.6 is 0 Å². The molecule has 1 fully saturated rings. The van der Waals surface area contributed by atoms with Gasteiger partial charge in [0.15, 0.2) is 12.4 Å². The Kier molecular flexibility index (Phi) is 19.2. The molecule has 0 bridgehead atoms. The number of ether oxygens (including phenoxy) is 2. The molecule has 1 heterocycles. The van der Waals surface area contributed by atoms with Crippen LogP contribution in [-0.2, 0) is 141 Å². The van der Waals surface area contributed by atoms with Gasteiger partial charge in [-0.1, -0.05) is 0 Å². The normalized spacial score (nSPS) is 24.3. The topological polar surface area (TPSA) is 571 Å². The Morgan fingerprint density at radius 2 is 0.845 bits per heavy atom. The van der Waals surface area contributed by atoms with Crippen molar-refractivity contribution in [1.82, 2.24) is 0 Å². The Labute approximate surface area is 327 Å². The van der Waals surface area contributed by atoms with Crippen LogP contribution in [0.4, 0.5) is 0 Å². The van der Waals surface area contributed by atoms with Crippen LogP contribution in [0.2, 0.25) is 0 Å². The van der Waals surface area contributed by atoms with E-state index in [-0.39, 0.29) is 0 Å². The fraction of sp³-hybridized carbons (Fsp3) is 1.00. The Morgan fingerprint density at radius 1 is 0.466 bits per heavy atom. The lowest BCUT2D eigenvalue weighted by Gasteiger charge is -2.45. The first-order valence-corrected chi connectivity index (χ1v) is 24.8. The summed E-state index contributed by atoms with van der Waals surface area (Å²) in [7, 11) is -53.7. The fourth-order valence-electron chi connectivity index (χ4n) is 3.97. The smallest absolute Gasteiger partial charge is 0.341 e. The first kappa shape index (κ1) is 54.8. The van der Waals surface area contributed by atoms with Gasteiger partial charge in [0.1, 0.15) is 42.7 Å². The van der Waals surface area contributed by atoms with Crippen molar-refractivity contribution in [3.05, 3.63) is 0 Å². The van der Waals surface area contributed by atoms with E-state index in [1.807, 2.05) is 0 Å². The molecule has 37 nitrogen and oxygen atoms in total. The summed E-state index contributed by atoms with van der Waals surface area (Å²) in [6, 6.07) is 0. The van der Waals surface area contributed by atoms with Crippen LogP contribution < -0.4 is 0 Å². The van der Waals surface area contributed by atoms with Crippen molar-refractivity contribution >= 4 is 94.2 Å². The molecule has 46 heteroatoms. The molecular formula is C12H24O37S9. The molecule has 58 heavy (non-hydrogen) atoms. The van der Waals surface area contributed by atoms with Crippen LogP contribution in [0.5, 0.6) is 0 Å². The summed E-state index contributed by atoms with van der Waals surface area (Å²) < 4.78 is 329. The third-order valence-electron chi connectivity index (χ3n) is 5.48. The zero-order valence-corrected chi connectivity index (χ0v) is 33.9. The molecular weight excluding hydrogens is 1020 g/mol. The summed E-state index contributed by atoms with van der Waals surface area (Å²) in [5, 5.41) is 0. The van der Waals surface area contributed by atoms with Crippen molar-refractivity contribution < 1.29 is 159 Å². The molecule has 0 spiro atoms. The molecule has 1 aliphatic rings. The molecule has 0 radical (unpaired) electrons. The van der Waals surface area contributed by atoms with Crippen LogP contribution in [0.3, 0.4) is 0 Å². The monoisotopic (exact) mass is 1050 g/mol. The van der Waals surface area contributed by atoms with Gasteiger partial charge in [0, 0.05) is 0 Å². The molecule has 0 amide bonds. The Balaban J connectivity index is 4.53. The average molecular weight is 1050 g/mol. The predicted octanol–water partition coefficient (Wildman–Crippen LogP) is -7.59. The van der Waals surface area contributed by atoms with E-state index < -0.39 is 169 Å². The van der Waals surface area contributed by atoms with Crippen LogP contribution in [0.15, 0.2) is 0 Å². The van der Waals surface area contributed by atoms with Crippen molar-refractivity contribution in [3.8, 4) is 0 Å². The van der Waals surface area contributed by atoms with E-state index in [0.717, 1.165) is 0 Å². The van der Waals surface area contributed by atoms with Gasteiger partial charge in [0.05, 0.1) is 19.8 Å². The fourth-order valence-corrected chi connectivity index (χ4v) is 7.79. The van der Waals surface area contributed by atoms with Gasteiger partial charge in [-0.25, -0.2) is 41.9 Å². The van der Waals surface area contributed by atoms with E-state index in [1.54, 1.807) is 0 Å². The first-order chi connectivity index (χ1) is 25.5. The van der Waals surface area contributed by atoms with E-state index in [1.165, 1.54) is 0 Å². The van der Waals surface area contributed by atoms with Crippen molar-refractivity contribution in [1.29, 1.82) is 0 Å². The standard InChI is InChI=1S/C12H24O37S9/c13-50(14)44-8-4(1-39-51(15,16)17)42-12(11(49-58(36,37)38)10(8)48-57(33,34)35)43-7(5(45-54(24,25)26)2-40-52(18,19)20)9(47-56(30,31)32)6(46-55(27,28)29)3-41-53(21,22)23/h4-12,50H,1-3H2,(H,15,16,17)(H,18,19,20)(H,21,22,23)(H,24,25,26)(H,27,28,29)(H,30,31,32)(H,33,34,35)(H,36,37,38)/t4-,5-,6+,7-,8+,9-,10+,11-,12+/m1/s1. The second kappa shape index (κ2) is 20.3. The maximum Gasteiger partial charge on any atom is 0.397 e. The lowest BCUT2D eigenvalue weighted by molar-refractivity contribution is -0.312. The number of rotatable bonds is 26. The minimum atomic E-state index is -6.45. The number of thiol groups is 1. The maximum absolute atomic E-state index is 11.9. The molecule has 0 aromatic carbocycles. The van der Waals surface area contributed by atoms with E-state index >= 15 is 0 Å². The van der Waals surface area contributed by atoms with E-state index in [0.29, 0.717) is 0 Å². The first-order valence-electron chi connectivity index (χ1n) is 12.8. The van der Waals surface area contributed by atoms with Crippen LogP contribution in [0.25, 0.3) is 0 Å². The van der Waals surface area contributed by atoms with Gasteiger partial charge in [-0.2, -0.15) is 67.3 Å². The molecule has 0 saturated carbocycles. The van der Waals surface area contributed by atoms with Crippen molar-refractivity contribution in [2.45, 2.75) is 55.1 Å². The Morgan fingerprint density at radius 3 is 1.19 bits per heavy atom. The quantitative estimate of drug-likeness (QED) is 0.0287. The van der Waals surface area contributed by atoms with Crippen LogP contribution in [0.1, 0.15) is 0 Å². The van der Waals surface area contributed by atoms with Crippen molar-refractivity contribution in [2.24, 2.45) is 0 Å². The minimum Gasteiger partial charge on any atom is -0.341 e. The van der Waals surface area contributed by atoms with Gasteiger partial charge < -0.3 is 9.47 Å². The zero-order chi connectivity index (χ0) is 45.7. The number of hydrogen-bond donors (Lipinski definition) is 9. The molecule has 1 rings (SSSR count). The Bertz CT molecular complexity index is 2390. The lowest BCUT2D eigenvalue weighted by atomic mass is 9.98. The third-order valence-corrected chi connectivity index (χ3v) is 9.57. The summed E-state index contributed by atoms with van der Waals surface area (Å²) in [6.45, 7) is -6.62. The average Bonchev–Trinajstić information content (AvgIpc) is 2.92. The van der Waals surface area contributed by atoms with E-state index in [2.05, 4.69) is 37.6 Å². The van der Waals surface area contributed by atoms with E-state index in [9.17, 15) is 98.5 Å². The molecule has 348 valence electrons. The van der Waals surface area contributed by atoms with Crippen molar-refractivity contribution in [3.63, 3.8) is 0 Å². The van der Waals surface area contributed by atoms with Gasteiger partial charge >= 0.3 is 83.2 Å². The highest BCUT2D eigenvalue weighted by Crippen LogP contribution is 2.34. The van der Waals surface area contributed by atoms with Crippen LogP contribution in [-0.4, -0.2) is 187 Å². The highest BCUT2D eigenvalue weighted by molar-refractivity contribution is 7.82. The summed E-state index contributed by atoms with van der Waals surface area (Å²) in [5.74, 6) is 0. The van der Waals surface area contributed by atoms with Gasteiger partial charge in [-0.15, -0.1) is 0 Å². The molecule has 0 unspecified atom stereocenters. The largest absolute Gasteiger partial charge is 0.397 e. The summed E-state index contributed by atoms with van der Waals surface area (Å²) in [6.07, 6.45) is -30.9. The number of hydrogen-bond acceptors (Lipinski definition) is 29. The molecule has 1 saturated heterocycles. The van der Waals surface area contributed by atoms with Crippen molar-refractivity contribution in [2.75, 3.05) is 19.8 Å². The van der Waals surface area contributed by atoms with Gasteiger partial charge in [0.25, 0.3) is 11.0 Å². The molecule has 0 aromatic heterocycles. The van der Waals surface area contributed by atoms with E-state index in [4.69, 9.17) is 23.1 Å².